The number of piperidine rings is 1. The Labute approximate surface area is 121 Å². The van der Waals surface area contributed by atoms with Gasteiger partial charge in [-0.1, -0.05) is 5.21 Å². The molecule has 1 aliphatic rings. The maximum absolute atomic E-state index is 11.4. The van der Waals surface area contributed by atoms with E-state index >= 15 is 0 Å². The third-order valence-corrected chi connectivity index (χ3v) is 3.80. The molecule has 1 saturated heterocycles. The lowest BCUT2D eigenvalue weighted by Gasteiger charge is -2.23. The Bertz CT molecular complexity index is 600. The molecule has 1 fully saturated rings. The van der Waals surface area contributed by atoms with Gasteiger partial charge >= 0.3 is 5.97 Å². The van der Waals surface area contributed by atoms with E-state index in [1.807, 2.05) is 12.3 Å². The molecule has 2 aromatic rings. The van der Waals surface area contributed by atoms with Crippen LogP contribution in [0.3, 0.4) is 0 Å². The zero-order chi connectivity index (χ0) is 14.7. The van der Waals surface area contributed by atoms with Gasteiger partial charge in [0.2, 0.25) is 0 Å². The molecule has 21 heavy (non-hydrogen) atoms. The Kier molecular flexibility index (Phi) is 3.96. The Morgan fingerprint density at radius 1 is 1.38 bits per heavy atom. The van der Waals surface area contributed by atoms with Crippen molar-refractivity contribution in [2.45, 2.75) is 31.8 Å². The molecule has 8 nitrogen and oxygen atoms in total. The van der Waals surface area contributed by atoms with Crippen LogP contribution in [0.2, 0.25) is 0 Å². The number of nitrogens with one attached hydrogen (secondary N) is 1. The van der Waals surface area contributed by atoms with Gasteiger partial charge in [-0.05, 0) is 32.0 Å². The molecule has 2 aromatic heterocycles. The normalized spacial score (nSPS) is 16.2. The minimum absolute atomic E-state index is 0.0855. The number of rotatable bonds is 5. The Balaban J connectivity index is 1.83. The van der Waals surface area contributed by atoms with E-state index in [4.69, 9.17) is 0 Å². The van der Waals surface area contributed by atoms with E-state index in [-0.39, 0.29) is 11.6 Å². The van der Waals surface area contributed by atoms with Gasteiger partial charge in [-0.15, -0.1) is 5.10 Å². The SMILES string of the molecule is O=C(O)c1nnn(CCn2cccn2)c1C1CCNCC1. The van der Waals surface area contributed by atoms with Crippen LogP contribution in [0.1, 0.15) is 34.9 Å². The molecule has 0 aromatic carbocycles. The lowest BCUT2D eigenvalue weighted by molar-refractivity contribution is 0.0688. The van der Waals surface area contributed by atoms with Crippen molar-refractivity contribution in [3.63, 3.8) is 0 Å². The van der Waals surface area contributed by atoms with E-state index in [1.165, 1.54) is 0 Å². The summed E-state index contributed by atoms with van der Waals surface area (Å²) in [5.41, 5.74) is 0.832. The lowest BCUT2D eigenvalue weighted by atomic mass is 9.93. The first-order valence-electron chi connectivity index (χ1n) is 7.10. The van der Waals surface area contributed by atoms with Crippen LogP contribution in [0.4, 0.5) is 0 Å². The standard InChI is InChI=1S/C13H18N6O2/c20-13(21)11-12(10-2-5-14-6-3-10)19(17-16-11)9-8-18-7-1-4-15-18/h1,4,7,10,14H,2-3,5-6,8-9H2,(H,20,21). The lowest BCUT2D eigenvalue weighted by Crippen LogP contribution is -2.29. The van der Waals surface area contributed by atoms with Gasteiger partial charge in [0.05, 0.1) is 18.8 Å². The van der Waals surface area contributed by atoms with E-state index in [1.54, 1.807) is 15.6 Å². The van der Waals surface area contributed by atoms with Crippen molar-refractivity contribution in [1.82, 2.24) is 30.1 Å². The van der Waals surface area contributed by atoms with Gasteiger partial charge in [0.25, 0.3) is 0 Å². The monoisotopic (exact) mass is 290 g/mol. The summed E-state index contributed by atoms with van der Waals surface area (Å²) in [5, 5.41) is 24.6. The van der Waals surface area contributed by atoms with E-state index in [2.05, 4.69) is 20.7 Å². The number of hydrogen-bond acceptors (Lipinski definition) is 5. The fourth-order valence-corrected chi connectivity index (χ4v) is 2.77. The molecule has 0 amide bonds. The molecule has 2 N–H and O–H groups in total. The van der Waals surface area contributed by atoms with Gasteiger partial charge in [0.1, 0.15) is 0 Å². The average molecular weight is 290 g/mol. The van der Waals surface area contributed by atoms with Crippen molar-refractivity contribution in [2.75, 3.05) is 13.1 Å². The highest BCUT2D eigenvalue weighted by Crippen LogP contribution is 2.27. The predicted octanol–water partition coefficient (Wildman–Crippen LogP) is 0.340. The molecule has 3 rings (SSSR count). The quantitative estimate of drug-likeness (QED) is 0.824. The largest absolute Gasteiger partial charge is 0.476 e. The zero-order valence-electron chi connectivity index (χ0n) is 11.6. The van der Waals surface area contributed by atoms with Crippen molar-refractivity contribution < 1.29 is 9.90 Å². The number of aromatic carboxylic acids is 1. The van der Waals surface area contributed by atoms with E-state index < -0.39 is 5.97 Å². The van der Waals surface area contributed by atoms with Gasteiger partial charge in [-0.2, -0.15) is 5.10 Å². The predicted molar refractivity (Wildman–Crippen MR) is 74.1 cm³/mol. The zero-order valence-corrected chi connectivity index (χ0v) is 11.6. The molecule has 112 valence electrons. The third-order valence-electron chi connectivity index (χ3n) is 3.80. The fraction of sp³-hybridized carbons (Fsp3) is 0.538. The molecule has 0 bridgehead atoms. The van der Waals surface area contributed by atoms with Crippen LogP contribution in [-0.4, -0.2) is 48.9 Å². The molecular formula is C13H18N6O2. The summed E-state index contributed by atoms with van der Waals surface area (Å²) < 4.78 is 3.52. The first-order valence-corrected chi connectivity index (χ1v) is 7.10. The van der Waals surface area contributed by atoms with Crippen LogP contribution in [0, 0.1) is 0 Å². The first kappa shape index (κ1) is 13.7. The number of aryl methyl sites for hydroxylation is 2. The molecule has 0 saturated carbocycles. The van der Waals surface area contributed by atoms with Gasteiger partial charge in [-0.25, -0.2) is 9.48 Å². The summed E-state index contributed by atoms with van der Waals surface area (Å²) in [4.78, 5) is 11.4. The summed E-state index contributed by atoms with van der Waals surface area (Å²) in [6.45, 7) is 3.01. The maximum atomic E-state index is 11.4. The molecule has 0 atom stereocenters. The molecule has 0 spiro atoms. The van der Waals surface area contributed by atoms with Crippen molar-refractivity contribution in [3.8, 4) is 0 Å². The van der Waals surface area contributed by atoms with Gasteiger partial charge in [0, 0.05) is 18.3 Å². The number of carbonyl (C=O) groups is 1. The molecule has 0 unspecified atom stereocenters. The molecule has 1 aliphatic heterocycles. The first-order chi connectivity index (χ1) is 10.3. The summed E-state index contributed by atoms with van der Waals surface area (Å²) in [6, 6.07) is 1.86. The van der Waals surface area contributed by atoms with Crippen LogP contribution >= 0.6 is 0 Å². The second kappa shape index (κ2) is 6.04. The molecule has 3 heterocycles. The molecule has 0 aliphatic carbocycles. The Morgan fingerprint density at radius 2 is 2.19 bits per heavy atom. The van der Waals surface area contributed by atoms with E-state index in [9.17, 15) is 9.90 Å². The van der Waals surface area contributed by atoms with Gasteiger partial charge in [0.15, 0.2) is 5.69 Å². The smallest absolute Gasteiger partial charge is 0.358 e. The third kappa shape index (κ3) is 2.94. The Hall–Kier alpha value is -2.22. The van der Waals surface area contributed by atoms with E-state index in [0.717, 1.165) is 31.6 Å². The van der Waals surface area contributed by atoms with Crippen molar-refractivity contribution in [2.24, 2.45) is 0 Å². The minimum atomic E-state index is -1.01. The summed E-state index contributed by atoms with van der Waals surface area (Å²) in [5.74, 6) is -0.807. The Morgan fingerprint density at radius 3 is 2.86 bits per heavy atom. The van der Waals surface area contributed by atoms with E-state index in [0.29, 0.717) is 13.1 Å². The number of carboxylic acid groups (broad SMARTS) is 1. The highest BCUT2D eigenvalue weighted by molar-refractivity contribution is 5.86. The van der Waals surface area contributed by atoms with Crippen LogP contribution in [0.5, 0.6) is 0 Å². The topological polar surface area (TPSA) is 97.9 Å². The molecular weight excluding hydrogens is 272 g/mol. The second-order valence-corrected chi connectivity index (χ2v) is 5.14. The fourth-order valence-electron chi connectivity index (χ4n) is 2.77. The van der Waals surface area contributed by atoms with Crippen LogP contribution in [0.25, 0.3) is 0 Å². The number of aromatic nitrogens is 5. The highest BCUT2D eigenvalue weighted by Gasteiger charge is 2.27. The van der Waals surface area contributed by atoms with Gasteiger partial charge in [-0.3, -0.25) is 4.68 Å². The second-order valence-electron chi connectivity index (χ2n) is 5.14. The van der Waals surface area contributed by atoms with Crippen molar-refractivity contribution in [3.05, 3.63) is 29.8 Å². The molecule has 8 heteroatoms. The number of nitrogens with zero attached hydrogens (tertiary/aromatic N) is 5. The van der Waals surface area contributed by atoms with Crippen LogP contribution < -0.4 is 5.32 Å². The minimum Gasteiger partial charge on any atom is -0.476 e. The number of carboxylic acids is 1. The van der Waals surface area contributed by atoms with Crippen molar-refractivity contribution in [1.29, 1.82) is 0 Å². The molecule has 0 radical (unpaired) electrons. The van der Waals surface area contributed by atoms with Gasteiger partial charge < -0.3 is 10.4 Å². The highest BCUT2D eigenvalue weighted by atomic mass is 16.4. The maximum Gasteiger partial charge on any atom is 0.358 e. The summed E-state index contributed by atoms with van der Waals surface area (Å²) in [7, 11) is 0. The van der Waals surface area contributed by atoms with Crippen LogP contribution in [-0.2, 0) is 13.1 Å². The van der Waals surface area contributed by atoms with Crippen molar-refractivity contribution >= 4 is 5.97 Å². The average Bonchev–Trinajstić information content (AvgIpc) is 3.15. The summed E-state index contributed by atoms with van der Waals surface area (Å²) in [6.07, 6.45) is 5.42. The van der Waals surface area contributed by atoms with Crippen LogP contribution in [0.15, 0.2) is 18.5 Å². The summed E-state index contributed by atoms with van der Waals surface area (Å²) >= 11 is 0. The number of hydrogen-bond donors (Lipinski definition) is 2.